The van der Waals surface area contributed by atoms with E-state index in [1.165, 1.54) is 24.4 Å². The Kier molecular flexibility index (Phi) is 6.70. The van der Waals surface area contributed by atoms with Gasteiger partial charge in [-0.15, -0.1) is 0 Å². The van der Waals surface area contributed by atoms with Crippen LogP contribution in [0.5, 0.6) is 5.75 Å². The Morgan fingerprint density at radius 2 is 1.73 bits per heavy atom. The predicted octanol–water partition coefficient (Wildman–Crippen LogP) is 4.68. The highest BCUT2D eigenvalue weighted by molar-refractivity contribution is 5.91. The fourth-order valence-electron chi connectivity index (χ4n) is 2.66. The first kappa shape index (κ1) is 23.4. The first-order chi connectivity index (χ1) is 15.6. The number of aromatic amines is 1. The molecule has 172 valence electrons. The number of methoxy groups -OCH3 is 1. The summed E-state index contributed by atoms with van der Waals surface area (Å²) in [5.41, 5.74) is 0.976. The van der Waals surface area contributed by atoms with E-state index in [1.54, 1.807) is 13.2 Å². The summed E-state index contributed by atoms with van der Waals surface area (Å²) in [6.45, 7) is 0. The van der Waals surface area contributed by atoms with Gasteiger partial charge < -0.3 is 15.2 Å². The molecule has 0 saturated heterocycles. The number of nitrogens with one attached hydrogen (secondary N) is 2. The summed E-state index contributed by atoms with van der Waals surface area (Å²) < 4.78 is 65.1. The molecule has 0 radical (unpaired) electrons. The fraction of sp³-hybridized carbons (Fsp3) is 0.100. The van der Waals surface area contributed by atoms with Crippen molar-refractivity contribution in [2.24, 2.45) is 0 Å². The lowest BCUT2D eigenvalue weighted by molar-refractivity contribution is -0.192. The number of hydrogen-bond acceptors (Lipinski definition) is 6. The number of carbonyl (C=O) groups is 1. The molecule has 0 fully saturated rings. The number of benzene rings is 2. The van der Waals surface area contributed by atoms with Crippen molar-refractivity contribution in [2.45, 2.75) is 6.18 Å². The molecule has 0 bridgehead atoms. The number of rotatable bonds is 4. The van der Waals surface area contributed by atoms with Crippen molar-refractivity contribution in [3.8, 4) is 17.0 Å². The largest absolute Gasteiger partial charge is 0.495 e. The number of hydrogen-bond donors (Lipinski definition) is 3. The minimum Gasteiger partial charge on any atom is -0.495 e. The van der Waals surface area contributed by atoms with E-state index in [2.05, 4.69) is 25.5 Å². The van der Waals surface area contributed by atoms with Crippen LogP contribution in [0, 0.1) is 11.6 Å². The Morgan fingerprint density at radius 3 is 2.33 bits per heavy atom. The summed E-state index contributed by atoms with van der Waals surface area (Å²) in [6, 6.07) is 11.0. The number of carboxylic acid groups (broad SMARTS) is 1. The average Bonchev–Trinajstić information content (AvgIpc) is 3.17. The van der Waals surface area contributed by atoms with Gasteiger partial charge in [-0.05, 0) is 24.3 Å². The number of aromatic nitrogens is 4. The molecule has 3 N–H and O–H groups in total. The molecule has 2 aromatic heterocycles. The van der Waals surface area contributed by atoms with E-state index >= 15 is 0 Å². The highest BCUT2D eigenvalue weighted by atomic mass is 19.4. The highest BCUT2D eigenvalue weighted by Crippen LogP contribution is 2.31. The van der Waals surface area contributed by atoms with Gasteiger partial charge in [0.25, 0.3) is 0 Å². The molecule has 2 aromatic carbocycles. The van der Waals surface area contributed by atoms with E-state index in [9.17, 15) is 22.0 Å². The molecule has 33 heavy (non-hydrogen) atoms. The lowest BCUT2D eigenvalue weighted by Crippen LogP contribution is -2.21. The highest BCUT2D eigenvalue weighted by Gasteiger charge is 2.38. The number of fused-ring (bicyclic) bond motifs is 1. The van der Waals surface area contributed by atoms with E-state index in [0.29, 0.717) is 16.8 Å². The molecule has 0 aliphatic rings. The molecular formula is C20H14F5N5O3. The third kappa shape index (κ3) is 5.31. The number of para-hydroxylation sites is 2. The maximum Gasteiger partial charge on any atom is 0.490 e. The predicted molar refractivity (Wildman–Crippen MR) is 107 cm³/mol. The molecule has 8 nitrogen and oxygen atoms in total. The molecule has 0 atom stereocenters. The Hall–Kier alpha value is -4.29. The second kappa shape index (κ2) is 9.46. The summed E-state index contributed by atoms with van der Waals surface area (Å²) in [5.74, 6) is -3.22. The summed E-state index contributed by atoms with van der Waals surface area (Å²) in [6.07, 6.45) is -3.62. The molecule has 0 saturated carbocycles. The smallest absolute Gasteiger partial charge is 0.490 e. The minimum atomic E-state index is -5.08. The van der Waals surface area contributed by atoms with Crippen LogP contribution in [0.1, 0.15) is 0 Å². The zero-order chi connectivity index (χ0) is 24.2. The summed E-state index contributed by atoms with van der Waals surface area (Å²) in [7, 11) is 1.56. The number of alkyl halides is 3. The van der Waals surface area contributed by atoms with E-state index in [0.717, 1.165) is 0 Å². The Morgan fingerprint density at radius 1 is 1.09 bits per heavy atom. The normalized spacial score (nSPS) is 11.0. The van der Waals surface area contributed by atoms with Gasteiger partial charge in [0, 0.05) is 6.20 Å². The monoisotopic (exact) mass is 467 g/mol. The fourth-order valence-corrected chi connectivity index (χ4v) is 2.66. The van der Waals surface area contributed by atoms with Crippen molar-refractivity contribution < 1.29 is 36.6 Å². The van der Waals surface area contributed by atoms with Crippen LogP contribution in [-0.2, 0) is 4.79 Å². The van der Waals surface area contributed by atoms with Gasteiger partial charge in [-0.1, -0.05) is 18.2 Å². The van der Waals surface area contributed by atoms with E-state index < -0.39 is 23.8 Å². The minimum absolute atomic E-state index is 0.191. The summed E-state index contributed by atoms with van der Waals surface area (Å²) >= 11 is 0. The van der Waals surface area contributed by atoms with Crippen LogP contribution >= 0.6 is 0 Å². The SMILES string of the molecule is COc1ccccc1Nc1ncc2c(-c3c(F)cccc3F)[nH]nc2n1.O=C(O)C(F)(F)F. The van der Waals surface area contributed by atoms with Crippen molar-refractivity contribution in [3.63, 3.8) is 0 Å². The molecule has 0 aliphatic heterocycles. The maximum atomic E-state index is 14.0. The van der Waals surface area contributed by atoms with Gasteiger partial charge in [-0.2, -0.15) is 23.3 Å². The van der Waals surface area contributed by atoms with Gasteiger partial charge in [0.1, 0.15) is 17.4 Å². The van der Waals surface area contributed by atoms with Crippen LogP contribution in [0.2, 0.25) is 0 Å². The van der Waals surface area contributed by atoms with Crippen LogP contribution in [-0.4, -0.2) is 44.5 Å². The number of nitrogens with zero attached hydrogens (tertiary/aromatic N) is 3. The molecule has 13 heteroatoms. The quantitative estimate of drug-likeness (QED) is 0.374. The molecular weight excluding hydrogens is 453 g/mol. The zero-order valence-corrected chi connectivity index (χ0v) is 16.6. The summed E-state index contributed by atoms with van der Waals surface area (Å²) in [5, 5.41) is 17.3. The van der Waals surface area contributed by atoms with Crippen LogP contribution in [0.25, 0.3) is 22.3 Å². The Balaban J connectivity index is 0.000000383. The first-order valence-electron chi connectivity index (χ1n) is 8.97. The lowest BCUT2D eigenvalue weighted by atomic mass is 10.1. The Labute approximate surface area is 182 Å². The van der Waals surface area contributed by atoms with Gasteiger partial charge in [0.05, 0.1) is 29.4 Å². The molecule has 4 aromatic rings. The molecule has 0 unspecified atom stereocenters. The van der Waals surface area contributed by atoms with Gasteiger partial charge in [0.2, 0.25) is 5.95 Å². The van der Waals surface area contributed by atoms with Crippen molar-refractivity contribution in [2.75, 3.05) is 12.4 Å². The van der Waals surface area contributed by atoms with Crippen molar-refractivity contribution in [1.82, 2.24) is 20.2 Å². The van der Waals surface area contributed by atoms with Gasteiger partial charge >= 0.3 is 12.1 Å². The van der Waals surface area contributed by atoms with Gasteiger partial charge in [-0.3, -0.25) is 5.10 Å². The number of halogens is 5. The van der Waals surface area contributed by atoms with Gasteiger partial charge in [-0.25, -0.2) is 18.6 Å². The number of H-pyrrole nitrogens is 1. The molecule has 0 aliphatic carbocycles. The number of carboxylic acids is 1. The summed E-state index contributed by atoms with van der Waals surface area (Å²) in [4.78, 5) is 17.4. The van der Waals surface area contributed by atoms with Gasteiger partial charge in [0.15, 0.2) is 5.65 Å². The van der Waals surface area contributed by atoms with E-state index in [1.807, 2.05) is 18.2 Å². The maximum absolute atomic E-state index is 14.0. The lowest BCUT2D eigenvalue weighted by Gasteiger charge is -2.09. The zero-order valence-electron chi connectivity index (χ0n) is 16.6. The van der Waals surface area contributed by atoms with Crippen LogP contribution in [0.3, 0.4) is 0 Å². The first-order valence-corrected chi connectivity index (χ1v) is 8.97. The Bertz CT molecular complexity index is 1270. The average molecular weight is 467 g/mol. The molecule has 4 rings (SSSR count). The third-order valence-electron chi connectivity index (χ3n) is 4.12. The topological polar surface area (TPSA) is 113 Å². The van der Waals surface area contributed by atoms with E-state index in [4.69, 9.17) is 14.6 Å². The van der Waals surface area contributed by atoms with E-state index in [-0.39, 0.29) is 22.9 Å². The van der Waals surface area contributed by atoms with Crippen LogP contribution in [0.4, 0.5) is 33.6 Å². The van der Waals surface area contributed by atoms with Crippen LogP contribution < -0.4 is 10.1 Å². The third-order valence-corrected chi connectivity index (χ3v) is 4.12. The molecule has 0 spiro atoms. The number of ether oxygens (including phenoxy) is 1. The number of aliphatic carboxylic acids is 1. The van der Waals surface area contributed by atoms with Crippen molar-refractivity contribution >= 4 is 28.6 Å². The standard InChI is InChI=1S/C18H13F2N5O.C2HF3O2/c1-26-14-8-3-2-7-13(14)22-18-21-9-10-16(24-25-17(10)23-18)15-11(19)5-4-6-12(15)20;3-2(4,5)1(6)7/h2-9H,1H3,(H2,21,22,23,24,25);(H,6,7). The van der Waals surface area contributed by atoms with Crippen molar-refractivity contribution in [1.29, 1.82) is 0 Å². The second-order valence-corrected chi connectivity index (χ2v) is 6.25. The number of anilines is 2. The molecule has 2 heterocycles. The van der Waals surface area contributed by atoms with Crippen LogP contribution in [0.15, 0.2) is 48.7 Å². The molecule has 0 amide bonds. The van der Waals surface area contributed by atoms with Crippen molar-refractivity contribution in [3.05, 3.63) is 60.3 Å². The second-order valence-electron chi connectivity index (χ2n) is 6.25.